The maximum atomic E-state index is 13.1. The molecule has 1 unspecified atom stereocenters. The number of amides is 1. The number of hydrogen-bond acceptors (Lipinski definition) is 3. The van der Waals surface area contributed by atoms with Gasteiger partial charge in [0.05, 0.1) is 17.8 Å². The fraction of sp³-hybridized carbons (Fsp3) is 0.417. The molecule has 94 valence electrons. The van der Waals surface area contributed by atoms with Crippen molar-refractivity contribution < 1.29 is 9.18 Å². The maximum absolute atomic E-state index is 13.1. The molecular weight excluding hydrogens is 257 g/mol. The second kappa shape index (κ2) is 5.32. The van der Waals surface area contributed by atoms with Crippen LogP contribution in [0.25, 0.3) is 0 Å². The van der Waals surface area contributed by atoms with Gasteiger partial charge in [-0.1, -0.05) is 11.6 Å². The van der Waals surface area contributed by atoms with Crippen LogP contribution in [-0.4, -0.2) is 28.4 Å². The number of pyridine rings is 1. The van der Waals surface area contributed by atoms with Gasteiger partial charge in [-0.05, 0) is 25.3 Å². The van der Waals surface area contributed by atoms with Gasteiger partial charge in [0.2, 0.25) is 0 Å². The number of likely N-dealkylation sites (tertiary alicyclic amines) is 1. The maximum Gasteiger partial charge on any atom is 0.258 e. The van der Waals surface area contributed by atoms with Gasteiger partial charge in [-0.25, -0.2) is 9.37 Å². The molecule has 6 heteroatoms. The van der Waals surface area contributed by atoms with E-state index >= 15 is 0 Å². The third-order valence-corrected chi connectivity index (χ3v) is 3.25. The fourth-order valence-corrected chi connectivity index (χ4v) is 2.22. The van der Waals surface area contributed by atoms with Crippen molar-refractivity contribution >= 4 is 17.5 Å². The predicted octanol–water partition coefficient (Wildman–Crippen LogP) is 2.39. The van der Waals surface area contributed by atoms with E-state index in [0.29, 0.717) is 13.0 Å². The van der Waals surface area contributed by atoms with Crippen molar-refractivity contribution in [3.63, 3.8) is 0 Å². The normalized spacial score (nSPS) is 19.4. The van der Waals surface area contributed by atoms with Crippen molar-refractivity contribution in [3.8, 4) is 6.07 Å². The molecule has 0 bridgehead atoms. The van der Waals surface area contributed by atoms with Gasteiger partial charge < -0.3 is 4.90 Å². The van der Waals surface area contributed by atoms with Gasteiger partial charge >= 0.3 is 0 Å². The molecule has 2 rings (SSSR count). The van der Waals surface area contributed by atoms with Crippen molar-refractivity contribution in [2.24, 2.45) is 0 Å². The summed E-state index contributed by atoms with van der Waals surface area (Å²) in [6.45, 7) is 0.490. The second-order valence-electron chi connectivity index (χ2n) is 4.13. The first-order valence-electron chi connectivity index (χ1n) is 5.65. The molecule has 0 spiro atoms. The van der Waals surface area contributed by atoms with Crippen molar-refractivity contribution in [1.82, 2.24) is 9.88 Å². The van der Waals surface area contributed by atoms with E-state index in [1.165, 1.54) is 4.90 Å². The van der Waals surface area contributed by atoms with E-state index in [4.69, 9.17) is 16.9 Å². The fourth-order valence-electron chi connectivity index (χ4n) is 2.04. The zero-order chi connectivity index (χ0) is 13.1. The molecule has 1 aromatic heterocycles. The zero-order valence-electron chi connectivity index (χ0n) is 9.57. The summed E-state index contributed by atoms with van der Waals surface area (Å²) in [7, 11) is 0. The molecular formula is C12H11ClFN3O. The molecule has 4 nitrogen and oxygen atoms in total. The number of aromatic nitrogens is 1. The van der Waals surface area contributed by atoms with Crippen LogP contribution in [0.4, 0.5) is 4.39 Å². The van der Waals surface area contributed by atoms with E-state index in [0.717, 1.165) is 25.1 Å². The second-order valence-corrected chi connectivity index (χ2v) is 4.49. The van der Waals surface area contributed by atoms with Crippen LogP contribution in [-0.2, 0) is 0 Å². The third kappa shape index (κ3) is 2.44. The highest BCUT2D eigenvalue weighted by molar-refractivity contribution is 6.32. The highest BCUT2D eigenvalue weighted by Crippen LogP contribution is 2.22. The molecule has 0 aliphatic carbocycles. The summed E-state index contributed by atoms with van der Waals surface area (Å²) in [5, 5.41) is 8.98. The van der Waals surface area contributed by atoms with Gasteiger partial charge in [-0.15, -0.1) is 0 Å². The Morgan fingerprint density at radius 1 is 1.61 bits per heavy atom. The molecule has 1 aliphatic heterocycles. The first-order valence-corrected chi connectivity index (χ1v) is 6.03. The Balaban J connectivity index is 2.30. The molecule has 1 aromatic rings. The standard InChI is InChI=1S/C12H11ClFN3O/c13-11-10(5-8(14)7-16-11)12(18)17-4-2-1-3-9(17)6-15/h5,7,9H,1-4H2. The predicted molar refractivity (Wildman–Crippen MR) is 63.5 cm³/mol. The number of halogens is 2. The van der Waals surface area contributed by atoms with E-state index in [1.807, 2.05) is 0 Å². The van der Waals surface area contributed by atoms with Crippen LogP contribution < -0.4 is 0 Å². The molecule has 1 saturated heterocycles. The molecule has 1 atom stereocenters. The molecule has 1 amide bonds. The largest absolute Gasteiger partial charge is 0.323 e. The minimum Gasteiger partial charge on any atom is -0.323 e. The minimum atomic E-state index is -0.617. The Kier molecular flexibility index (Phi) is 3.78. The smallest absolute Gasteiger partial charge is 0.258 e. The molecule has 1 fully saturated rings. The van der Waals surface area contributed by atoms with E-state index in [1.54, 1.807) is 0 Å². The lowest BCUT2D eigenvalue weighted by atomic mass is 10.0. The van der Waals surface area contributed by atoms with Crippen LogP contribution in [0.15, 0.2) is 12.3 Å². The molecule has 1 aliphatic rings. The van der Waals surface area contributed by atoms with Gasteiger partial charge in [-0.3, -0.25) is 4.79 Å². The van der Waals surface area contributed by atoms with Crippen LogP contribution in [0, 0.1) is 17.1 Å². The lowest BCUT2D eigenvalue weighted by Crippen LogP contribution is -2.43. The van der Waals surface area contributed by atoms with Crippen LogP contribution in [0.3, 0.4) is 0 Å². The first-order chi connectivity index (χ1) is 8.63. The van der Waals surface area contributed by atoms with Crippen molar-refractivity contribution in [1.29, 1.82) is 5.26 Å². The summed E-state index contributed by atoms with van der Waals surface area (Å²) < 4.78 is 13.1. The molecule has 18 heavy (non-hydrogen) atoms. The van der Waals surface area contributed by atoms with Crippen LogP contribution in [0.1, 0.15) is 29.6 Å². The minimum absolute atomic E-state index is 0.0128. The van der Waals surface area contributed by atoms with Gasteiger partial charge in [-0.2, -0.15) is 5.26 Å². The highest BCUT2D eigenvalue weighted by Gasteiger charge is 2.28. The Bertz CT molecular complexity index is 515. The van der Waals surface area contributed by atoms with E-state index in [-0.39, 0.29) is 10.7 Å². The van der Waals surface area contributed by atoms with Gasteiger partial charge in [0.15, 0.2) is 0 Å². The Morgan fingerprint density at radius 3 is 3.11 bits per heavy atom. The summed E-state index contributed by atoms with van der Waals surface area (Å²) in [6, 6.07) is 2.68. The third-order valence-electron chi connectivity index (χ3n) is 2.95. The molecule has 0 radical (unpaired) electrons. The average molecular weight is 268 g/mol. The quantitative estimate of drug-likeness (QED) is 0.734. The number of carbonyl (C=O) groups excluding carboxylic acids is 1. The Hall–Kier alpha value is -1.67. The van der Waals surface area contributed by atoms with E-state index in [9.17, 15) is 9.18 Å². The molecule has 0 aromatic carbocycles. The van der Waals surface area contributed by atoms with Crippen LogP contribution in [0.2, 0.25) is 5.15 Å². The summed E-state index contributed by atoms with van der Waals surface area (Å²) in [5.74, 6) is -1.05. The lowest BCUT2D eigenvalue weighted by molar-refractivity contribution is 0.0670. The lowest BCUT2D eigenvalue weighted by Gasteiger charge is -2.31. The van der Waals surface area contributed by atoms with Crippen molar-refractivity contribution in [3.05, 3.63) is 28.8 Å². The summed E-state index contributed by atoms with van der Waals surface area (Å²) >= 11 is 5.79. The van der Waals surface area contributed by atoms with Crippen molar-refractivity contribution in [2.45, 2.75) is 25.3 Å². The average Bonchev–Trinajstić information content (AvgIpc) is 2.40. The first kappa shape index (κ1) is 12.8. The van der Waals surface area contributed by atoms with E-state index in [2.05, 4.69) is 11.1 Å². The van der Waals surface area contributed by atoms with Crippen molar-refractivity contribution in [2.75, 3.05) is 6.54 Å². The number of carbonyl (C=O) groups is 1. The van der Waals surface area contributed by atoms with Crippen LogP contribution in [0.5, 0.6) is 0 Å². The zero-order valence-corrected chi connectivity index (χ0v) is 10.3. The highest BCUT2D eigenvalue weighted by atomic mass is 35.5. The van der Waals surface area contributed by atoms with Gasteiger partial charge in [0.25, 0.3) is 5.91 Å². The molecule has 2 heterocycles. The van der Waals surface area contributed by atoms with Crippen LogP contribution >= 0.6 is 11.6 Å². The number of piperidine rings is 1. The monoisotopic (exact) mass is 267 g/mol. The Labute approximate surface area is 109 Å². The number of nitrogens with zero attached hydrogens (tertiary/aromatic N) is 3. The van der Waals surface area contributed by atoms with Gasteiger partial charge in [0, 0.05) is 6.54 Å². The molecule has 0 saturated carbocycles. The topological polar surface area (TPSA) is 57.0 Å². The summed E-state index contributed by atoms with van der Waals surface area (Å²) in [5.41, 5.74) is 0.0128. The summed E-state index contributed by atoms with van der Waals surface area (Å²) in [4.78, 5) is 17.3. The molecule has 0 N–H and O–H groups in total. The number of nitriles is 1. The Morgan fingerprint density at radius 2 is 2.39 bits per heavy atom. The summed E-state index contributed by atoms with van der Waals surface area (Å²) in [6.07, 6.45) is 3.35. The SMILES string of the molecule is N#CC1CCCCN1C(=O)c1cc(F)cnc1Cl. The van der Waals surface area contributed by atoms with E-state index < -0.39 is 17.8 Å². The van der Waals surface area contributed by atoms with Gasteiger partial charge in [0.1, 0.15) is 17.0 Å². The number of rotatable bonds is 1. The number of hydrogen-bond donors (Lipinski definition) is 0.